The molecule has 0 saturated carbocycles. The van der Waals surface area contributed by atoms with Crippen LogP contribution in [0.3, 0.4) is 0 Å². The van der Waals surface area contributed by atoms with Gasteiger partial charge in [-0.1, -0.05) is 95.6 Å². The number of rotatable bonds is 1. The van der Waals surface area contributed by atoms with Gasteiger partial charge in [0, 0.05) is 0 Å². The Labute approximate surface area is 137 Å². The van der Waals surface area contributed by atoms with Gasteiger partial charge in [0.1, 0.15) is 6.47 Å². The number of alkyl halides is 6. The number of likely N-dealkylation sites (tertiary alicyclic amines) is 1. The van der Waals surface area contributed by atoms with Crippen LogP contribution in [0.25, 0.3) is 0 Å². The van der Waals surface area contributed by atoms with E-state index in [0.717, 1.165) is 0 Å². The first kappa shape index (κ1) is 15.4. The lowest BCUT2D eigenvalue weighted by Gasteiger charge is -2.35. The molecule has 0 radical (unpaired) electrons. The number of likely N-dealkylation sites (N-methyl/N-ethyl adjacent to an activating group) is 1. The van der Waals surface area contributed by atoms with Gasteiger partial charge in [-0.3, -0.25) is 4.90 Å². The van der Waals surface area contributed by atoms with Gasteiger partial charge < -0.3 is 5.11 Å². The number of aliphatic carboxylic acids is 1. The number of hydrogen-bond acceptors (Lipinski definition) is 2. The molecule has 0 spiro atoms. The first-order valence-electron chi connectivity index (χ1n) is 3.56. The molecule has 1 aliphatic rings. The van der Waals surface area contributed by atoms with Crippen LogP contribution in [0.5, 0.6) is 0 Å². The summed E-state index contributed by atoms with van der Waals surface area (Å²) in [6.07, 6.45) is 0. The number of hydrogen-bond donors (Lipinski definition) is 1. The minimum Gasteiger partial charge on any atom is -0.479 e. The molecule has 3 nitrogen and oxygen atoms in total. The van der Waals surface area contributed by atoms with Crippen LogP contribution >= 0.6 is 95.6 Å². The summed E-state index contributed by atoms with van der Waals surface area (Å²) < 4.78 is -2.92. The van der Waals surface area contributed by atoms with Crippen LogP contribution in [0, 0.1) is 0 Å². The van der Waals surface area contributed by atoms with Crippen LogP contribution in [0.15, 0.2) is 0 Å². The molecule has 1 rings (SSSR count). The van der Waals surface area contributed by atoms with Gasteiger partial charge in [0.15, 0.2) is 0 Å². The second-order valence-electron chi connectivity index (χ2n) is 3.07. The maximum atomic E-state index is 11.4. The van der Waals surface area contributed by atoms with Gasteiger partial charge in [0.25, 0.3) is 0 Å². The maximum Gasteiger partial charge on any atom is 0.337 e. The summed E-state index contributed by atoms with van der Waals surface area (Å²) in [5.74, 6) is -0.996. The van der Waals surface area contributed by atoms with E-state index in [9.17, 15) is 9.90 Å². The molecule has 2 atom stereocenters. The predicted octanol–water partition coefficient (Wildman–Crippen LogP) is 3.80. The van der Waals surface area contributed by atoms with Crippen molar-refractivity contribution in [3.8, 4) is 0 Å². The summed E-state index contributed by atoms with van der Waals surface area (Å²) in [5, 5.41) is 9.32. The van der Waals surface area contributed by atoms with Crippen LogP contribution in [0.4, 0.5) is 0 Å². The molecule has 1 heterocycles. The number of nitrogens with zero attached hydrogens (tertiary/aromatic N) is 1. The first-order valence-corrected chi connectivity index (χ1v) is 8.44. The lowest BCUT2D eigenvalue weighted by Crippen LogP contribution is -2.54. The van der Waals surface area contributed by atoms with Crippen molar-refractivity contribution in [2.75, 3.05) is 7.05 Å². The molecule has 0 aromatic heterocycles. The van der Waals surface area contributed by atoms with E-state index in [1.807, 2.05) is 0 Å². The largest absolute Gasteiger partial charge is 0.479 e. The third-order valence-electron chi connectivity index (χ3n) is 2.24. The van der Waals surface area contributed by atoms with Gasteiger partial charge in [-0.25, -0.2) is 4.79 Å². The molecule has 0 aromatic carbocycles. The Morgan fingerprint density at radius 3 is 1.80 bits per heavy atom. The fraction of sp³-hybridized carbons (Fsp3) is 0.833. The Kier molecular flexibility index (Phi) is 4.56. The Bertz CT molecular complexity index is 308. The van der Waals surface area contributed by atoms with E-state index < -0.39 is 16.9 Å². The average molecular weight is 603 g/mol. The average Bonchev–Trinajstić information content (AvgIpc) is 2.19. The van der Waals surface area contributed by atoms with E-state index in [2.05, 4.69) is 95.6 Å². The van der Waals surface area contributed by atoms with Gasteiger partial charge in [-0.05, 0) is 7.05 Å². The van der Waals surface area contributed by atoms with Crippen molar-refractivity contribution in [3.05, 3.63) is 0 Å². The Morgan fingerprint density at radius 1 is 1.27 bits per heavy atom. The second kappa shape index (κ2) is 4.45. The van der Waals surface area contributed by atoms with Gasteiger partial charge >= 0.3 is 5.97 Å². The van der Waals surface area contributed by atoms with Crippen LogP contribution in [0.2, 0.25) is 0 Å². The molecule has 2 unspecified atom stereocenters. The normalized spacial score (nSPS) is 39.3. The highest BCUT2D eigenvalue weighted by molar-refractivity contribution is 9.31. The number of carboxylic acids is 1. The molecular formula is C6H5Br6NO2. The number of halogens is 6. The Balaban J connectivity index is 3.39. The molecule has 1 saturated heterocycles. The molecule has 0 aliphatic carbocycles. The Hall–Kier alpha value is 2.31. The molecule has 0 bridgehead atoms. The van der Waals surface area contributed by atoms with Crippen LogP contribution in [-0.2, 0) is 4.79 Å². The van der Waals surface area contributed by atoms with E-state index in [1.165, 1.54) is 0 Å². The SMILES string of the molecule is CN1C(Br)C(Br)(Br)C(Br)(Br)C1(Br)C(=O)O. The molecule has 1 N–H and O–H groups in total. The molecule has 88 valence electrons. The zero-order valence-corrected chi connectivity index (χ0v) is 16.7. The van der Waals surface area contributed by atoms with Crippen molar-refractivity contribution in [1.82, 2.24) is 4.90 Å². The van der Waals surface area contributed by atoms with E-state index in [-0.39, 0.29) is 4.95 Å². The quantitative estimate of drug-likeness (QED) is 0.367. The first-order chi connectivity index (χ1) is 6.51. The zero-order valence-electron chi connectivity index (χ0n) is 7.15. The standard InChI is InChI=1S/C6H5Br6NO2/c1-13-2(7)4(8,9)6(11,12)5(13,10)3(14)15/h2H,1H3,(H,14,15). The van der Waals surface area contributed by atoms with Crippen molar-refractivity contribution in [1.29, 1.82) is 0 Å². The monoisotopic (exact) mass is 597 g/mol. The third kappa shape index (κ3) is 1.87. The third-order valence-corrected chi connectivity index (χ3v) is 13.9. The van der Waals surface area contributed by atoms with E-state index in [4.69, 9.17) is 0 Å². The topological polar surface area (TPSA) is 40.5 Å². The lowest BCUT2D eigenvalue weighted by atomic mass is 10.2. The second-order valence-corrected chi connectivity index (χ2v) is 12.1. The lowest BCUT2D eigenvalue weighted by molar-refractivity contribution is -0.143. The summed E-state index contributed by atoms with van der Waals surface area (Å²) in [5.41, 5.74) is 0. The fourth-order valence-electron chi connectivity index (χ4n) is 1.28. The Morgan fingerprint density at radius 2 is 1.67 bits per heavy atom. The van der Waals surface area contributed by atoms with Crippen molar-refractivity contribution in [2.24, 2.45) is 0 Å². The van der Waals surface area contributed by atoms with Gasteiger partial charge in [0.2, 0.25) is 4.45 Å². The van der Waals surface area contributed by atoms with E-state index in [0.29, 0.717) is 0 Å². The highest BCUT2D eigenvalue weighted by Gasteiger charge is 2.74. The molecule has 9 heteroatoms. The van der Waals surface area contributed by atoms with Crippen molar-refractivity contribution >= 4 is 102 Å². The smallest absolute Gasteiger partial charge is 0.337 e. The molecule has 15 heavy (non-hydrogen) atoms. The minimum atomic E-state index is -1.29. The number of carbonyl (C=O) groups is 1. The van der Waals surface area contributed by atoms with Gasteiger partial charge in [0.05, 0.1) is 4.95 Å². The summed E-state index contributed by atoms with van der Waals surface area (Å²) >= 11 is 20.4. The molecule has 1 aliphatic heterocycles. The van der Waals surface area contributed by atoms with Crippen molar-refractivity contribution < 1.29 is 9.90 Å². The van der Waals surface area contributed by atoms with Crippen LogP contribution in [-0.4, -0.2) is 38.9 Å². The molecular weight excluding hydrogens is 597 g/mol. The van der Waals surface area contributed by atoms with Crippen molar-refractivity contribution in [2.45, 2.75) is 15.9 Å². The van der Waals surface area contributed by atoms with Gasteiger partial charge in [-0.2, -0.15) is 0 Å². The van der Waals surface area contributed by atoms with Crippen LogP contribution < -0.4 is 0 Å². The number of carboxylic acid groups (broad SMARTS) is 1. The zero-order chi connectivity index (χ0) is 12.2. The molecule has 0 aromatic rings. The molecule has 1 fully saturated rings. The predicted molar refractivity (Wildman–Crippen MR) is 80.9 cm³/mol. The summed E-state index contributed by atoms with van der Waals surface area (Å²) in [4.78, 5) is 12.8. The van der Waals surface area contributed by atoms with E-state index in [1.54, 1.807) is 11.9 Å². The molecule has 0 amide bonds. The van der Waals surface area contributed by atoms with Crippen molar-refractivity contribution in [3.63, 3.8) is 0 Å². The maximum absolute atomic E-state index is 11.4. The fourth-order valence-corrected chi connectivity index (χ4v) is 6.39. The summed E-state index contributed by atoms with van der Waals surface area (Å²) in [6, 6.07) is 0. The van der Waals surface area contributed by atoms with Crippen LogP contribution in [0.1, 0.15) is 0 Å². The highest BCUT2D eigenvalue weighted by Crippen LogP contribution is 2.67. The minimum absolute atomic E-state index is 0.237. The highest BCUT2D eigenvalue weighted by atomic mass is 79.9. The van der Waals surface area contributed by atoms with E-state index >= 15 is 0 Å². The van der Waals surface area contributed by atoms with Gasteiger partial charge in [-0.15, -0.1) is 0 Å². The summed E-state index contributed by atoms with van der Waals surface area (Å²) in [7, 11) is 1.70. The summed E-state index contributed by atoms with van der Waals surface area (Å²) in [6.45, 7) is 0.